The fourth-order valence-corrected chi connectivity index (χ4v) is 4.53. The number of sulfone groups is 1. The molecule has 1 fully saturated rings. The van der Waals surface area contributed by atoms with Crippen molar-refractivity contribution in [2.75, 3.05) is 5.75 Å². The number of rotatable bonds is 2. The van der Waals surface area contributed by atoms with Crippen molar-refractivity contribution in [3.63, 3.8) is 0 Å². The van der Waals surface area contributed by atoms with Crippen LogP contribution < -0.4 is 5.73 Å². The van der Waals surface area contributed by atoms with Gasteiger partial charge in [0.1, 0.15) is 0 Å². The molecule has 0 aliphatic carbocycles. The standard InChI is InChI=1S/C13H16F3NO2S/c14-13(15,16)10-6-4-9(5-7-10)12(17)11-3-1-2-8-20(11,18)19/h4-7,11-12H,1-3,8,17H2. The van der Waals surface area contributed by atoms with Crippen LogP contribution >= 0.6 is 0 Å². The minimum atomic E-state index is -4.40. The van der Waals surface area contributed by atoms with Gasteiger partial charge in [-0.15, -0.1) is 0 Å². The lowest BCUT2D eigenvalue weighted by molar-refractivity contribution is -0.137. The molecule has 2 rings (SSSR count). The van der Waals surface area contributed by atoms with E-state index in [0.717, 1.165) is 18.6 Å². The Labute approximate surface area is 115 Å². The van der Waals surface area contributed by atoms with Crippen LogP contribution in [0.5, 0.6) is 0 Å². The van der Waals surface area contributed by atoms with Gasteiger partial charge in [0.2, 0.25) is 0 Å². The highest BCUT2D eigenvalue weighted by atomic mass is 32.2. The molecule has 0 saturated carbocycles. The summed E-state index contributed by atoms with van der Waals surface area (Å²) < 4.78 is 61.3. The van der Waals surface area contributed by atoms with Gasteiger partial charge >= 0.3 is 6.18 Å². The van der Waals surface area contributed by atoms with Crippen LogP contribution in [0.25, 0.3) is 0 Å². The van der Waals surface area contributed by atoms with E-state index >= 15 is 0 Å². The SMILES string of the molecule is NC(c1ccc(C(F)(F)F)cc1)C1CCCCS1(=O)=O. The molecule has 2 unspecified atom stereocenters. The fourth-order valence-electron chi connectivity index (χ4n) is 2.49. The van der Waals surface area contributed by atoms with Gasteiger partial charge in [-0.1, -0.05) is 18.6 Å². The number of hydrogen-bond acceptors (Lipinski definition) is 3. The van der Waals surface area contributed by atoms with E-state index < -0.39 is 32.9 Å². The molecule has 1 aliphatic rings. The molecule has 0 spiro atoms. The second-order valence-corrected chi connectivity index (χ2v) is 7.39. The van der Waals surface area contributed by atoms with Crippen LogP contribution in [0.4, 0.5) is 13.2 Å². The first-order chi connectivity index (χ1) is 9.22. The topological polar surface area (TPSA) is 60.2 Å². The smallest absolute Gasteiger partial charge is 0.323 e. The maximum absolute atomic E-state index is 12.5. The molecule has 1 heterocycles. The maximum Gasteiger partial charge on any atom is 0.416 e. The summed E-state index contributed by atoms with van der Waals surface area (Å²) in [5.41, 5.74) is 5.60. The van der Waals surface area contributed by atoms with Crippen molar-refractivity contribution >= 4 is 9.84 Å². The minimum Gasteiger partial charge on any atom is -0.323 e. The highest BCUT2D eigenvalue weighted by Gasteiger charge is 2.35. The summed E-state index contributed by atoms with van der Waals surface area (Å²) in [5, 5.41) is -0.701. The quantitative estimate of drug-likeness (QED) is 0.914. The second kappa shape index (κ2) is 5.37. The number of halogens is 3. The van der Waals surface area contributed by atoms with Crippen molar-refractivity contribution in [3.8, 4) is 0 Å². The third-order valence-corrected chi connectivity index (χ3v) is 5.96. The van der Waals surface area contributed by atoms with Gasteiger partial charge in [-0.2, -0.15) is 13.2 Å². The van der Waals surface area contributed by atoms with Gasteiger partial charge in [0, 0.05) is 6.04 Å². The molecule has 1 saturated heterocycles. The van der Waals surface area contributed by atoms with Gasteiger partial charge in [-0.05, 0) is 30.5 Å². The van der Waals surface area contributed by atoms with E-state index in [9.17, 15) is 21.6 Å². The van der Waals surface area contributed by atoms with Crippen molar-refractivity contribution in [3.05, 3.63) is 35.4 Å². The molecule has 7 heteroatoms. The average molecular weight is 307 g/mol. The Hall–Kier alpha value is -1.08. The highest BCUT2D eigenvalue weighted by molar-refractivity contribution is 7.92. The lowest BCUT2D eigenvalue weighted by Crippen LogP contribution is -2.37. The van der Waals surface area contributed by atoms with Crippen LogP contribution in [0, 0.1) is 0 Å². The largest absolute Gasteiger partial charge is 0.416 e. The Kier molecular flexibility index (Phi) is 4.11. The molecule has 1 aromatic rings. The number of nitrogens with two attached hydrogens (primary N) is 1. The van der Waals surface area contributed by atoms with Gasteiger partial charge < -0.3 is 5.73 Å². The Morgan fingerprint density at radius 1 is 1.15 bits per heavy atom. The van der Waals surface area contributed by atoms with Crippen LogP contribution in [0.15, 0.2) is 24.3 Å². The maximum atomic E-state index is 12.5. The average Bonchev–Trinajstić information content (AvgIpc) is 2.36. The summed E-state index contributed by atoms with van der Waals surface area (Å²) in [7, 11) is -3.26. The summed E-state index contributed by atoms with van der Waals surface area (Å²) in [4.78, 5) is 0. The molecule has 0 amide bonds. The minimum absolute atomic E-state index is 0.103. The van der Waals surface area contributed by atoms with Crippen LogP contribution in [0.1, 0.15) is 36.4 Å². The van der Waals surface area contributed by atoms with Crippen molar-refractivity contribution < 1.29 is 21.6 Å². The zero-order valence-electron chi connectivity index (χ0n) is 10.7. The summed E-state index contributed by atoms with van der Waals surface area (Å²) in [6.07, 6.45) is -2.54. The summed E-state index contributed by atoms with van der Waals surface area (Å²) in [5.74, 6) is 0.103. The second-order valence-electron chi connectivity index (χ2n) is 5.05. The zero-order valence-corrected chi connectivity index (χ0v) is 11.5. The molecular weight excluding hydrogens is 291 g/mol. The fraction of sp³-hybridized carbons (Fsp3) is 0.538. The molecule has 1 aromatic carbocycles. The molecule has 0 radical (unpaired) electrons. The van der Waals surface area contributed by atoms with E-state index in [1.165, 1.54) is 12.1 Å². The molecule has 0 aromatic heterocycles. The highest BCUT2D eigenvalue weighted by Crippen LogP contribution is 2.32. The Bertz CT molecular complexity index is 566. The summed E-state index contributed by atoms with van der Waals surface area (Å²) in [6, 6.07) is 3.62. The Morgan fingerprint density at radius 3 is 2.25 bits per heavy atom. The number of hydrogen-bond donors (Lipinski definition) is 1. The van der Waals surface area contributed by atoms with Crippen LogP contribution in [-0.4, -0.2) is 19.4 Å². The molecule has 2 atom stereocenters. The van der Waals surface area contributed by atoms with Gasteiger partial charge in [0.25, 0.3) is 0 Å². The molecule has 2 N–H and O–H groups in total. The lowest BCUT2D eigenvalue weighted by atomic mass is 9.99. The van der Waals surface area contributed by atoms with E-state index in [1.54, 1.807) is 0 Å². The van der Waals surface area contributed by atoms with E-state index in [1.807, 2.05) is 0 Å². The van der Waals surface area contributed by atoms with Gasteiger partial charge in [-0.25, -0.2) is 8.42 Å². The predicted molar refractivity (Wildman–Crippen MR) is 69.8 cm³/mol. The number of alkyl halides is 3. The van der Waals surface area contributed by atoms with E-state index in [-0.39, 0.29) is 5.75 Å². The zero-order chi connectivity index (χ0) is 15.0. The lowest BCUT2D eigenvalue weighted by Gasteiger charge is -2.27. The van der Waals surface area contributed by atoms with Crippen molar-refractivity contribution in [2.45, 2.75) is 36.7 Å². The molecule has 112 valence electrons. The first-order valence-electron chi connectivity index (χ1n) is 6.36. The molecule has 3 nitrogen and oxygen atoms in total. The predicted octanol–water partition coefficient (Wildman–Crippen LogP) is 2.67. The van der Waals surface area contributed by atoms with Crippen molar-refractivity contribution in [1.29, 1.82) is 0 Å². The Morgan fingerprint density at radius 2 is 1.75 bits per heavy atom. The van der Waals surface area contributed by atoms with Crippen LogP contribution in [-0.2, 0) is 16.0 Å². The monoisotopic (exact) mass is 307 g/mol. The normalized spacial score (nSPS) is 24.3. The van der Waals surface area contributed by atoms with Gasteiger partial charge in [-0.3, -0.25) is 0 Å². The Balaban J connectivity index is 2.23. The van der Waals surface area contributed by atoms with E-state index in [4.69, 9.17) is 5.73 Å². The van der Waals surface area contributed by atoms with Gasteiger partial charge in [0.15, 0.2) is 9.84 Å². The van der Waals surface area contributed by atoms with Crippen molar-refractivity contribution in [2.24, 2.45) is 5.73 Å². The van der Waals surface area contributed by atoms with E-state index in [2.05, 4.69) is 0 Å². The molecule has 1 aliphatic heterocycles. The molecular formula is C13H16F3NO2S. The molecule has 20 heavy (non-hydrogen) atoms. The third kappa shape index (κ3) is 3.15. The summed E-state index contributed by atoms with van der Waals surface area (Å²) >= 11 is 0. The summed E-state index contributed by atoms with van der Waals surface area (Å²) in [6.45, 7) is 0. The molecule has 0 bridgehead atoms. The van der Waals surface area contributed by atoms with Crippen LogP contribution in [0.2, 0.25) is 0 Å². The first kappa shape index (κ1) is 15.3. The number of benzene rings is 1. The van der Waals surface area contributed by atoms with E-state index in [0.29, 0.717) is 18.4 Å². The van der Waals surface area contributed by atoms with Crippen molar-refractivity contribution in [1.82, 2.24) is 0 Å². The van der Waals surface area contributed by atoms with Crippen LogP contribution in [0.3, 0.4) is 0 Å². The van der Waals surface area contributed by atoms with Gasteiger partial charge in [0.05, 0.1) is 16.6 Å². The third-order valence-electron chi connectivity index (χ3n) is 3.65. The first-order valence-corrected chi connectivity index (χ1v) is 8.08.